The van der Waals surface area contributed by atoms with E-state index in [4.69, 9.17) is 23.2 Å². The van der Waals surface area contributed by atoms with Gasteiger partial charge in [0.2, 0.25) is 0 Å². The molecule has 0 aliphatic rings. The van der Waals surface area contributed by atoms with Crippen molar-refractivity contribution in [1.29, 1.82) is 0 Å². The van der Waals surface area contributed by atoms with Gasteiger partial charge in [-0.1, -0.05) is 18.5 Å². The van der Waals surface area contributed by atoms with Crippen LogP contribution in [-0.2, 0) is 12.8 Å². The van der Waals surface area contributed by atoms with Gasteiger partial charge in [-0.05, 0) is 13.3 Å². The topological polar surface area (TPSA) is 25.8 Å². The highest BCUT2D eigenvalue weighted by Crippen LogP contribution is 2.17. The molecule has 1 aromatic rings. The number of halogens is 2. The van der Waals surface area contributed by atoms with E-state index in [-0.39, 0.29) is 0 Å². The molecule has 0 aromatic carbocycles. The zero-order valence-corrected chi connectivity index (χ0v) is 9.28. The summed E-state index contributed by atoms with van der Waals surface area (Å²) in [5.74, 6) is 1.34. The Hall–Kier alpha value is -0.340. The minimum Gasteiger partial charge on any atom is -0.238 e. The molecule has 13 heavy (non-hydrogen) atoms. The summed E-state index contributed by atoms with van der Waals surface area (Å²) in [5, 5.41) is 0.546. The molecule has 0 N–H and O–H groups in total. The molecule has 0 aliphatic carbocycles. The number of aromatic nitrogens is 2. The van der Waals surface area contributed by atoms with Gasteiger partial charge in [-0.3, -0.25) is 0 Å². The third-order valence-electron chi connectivity index (χ3n) is 1.87. The van der Waals surface area contributed by atoms with Crippen LogP contribution in [0.2, 0.25) is 5.15 Å². The third kappa shape index (κ3) is 2.55. The van der Waals surface area contributed by atoms with E-state index in [0.29, 0.717) is 11.0 Å². The van der Waals surface area contributed by atoms with Crippen LogP contribution < -0.4 is 0 Å². The Morgan fingerprint density at radius 1 is 1.31 bits per heavy atom. The molecule has 0 bridgehead atoms. The van der Waals surface area contributed by atoms with Crippen LogP contribution in [0.1, 0.15) is 24.0 Å². The normalized spacial score (nSPS) is 10.5. The SMILES string of the molecule is CCc1nc(C)c(CCCl)c(Cl)n1. The van der Waals surface area contributed by atoms with Crippen molar-refractivity contribution in [2.24, 2.45) is 0 Å². The van der Waals surface area contributed by atoms with Gasteiger partial charge in [0.25, 0.3) is 0 Å². The van der Waals surface area contributed by atoms with E-state index in [9.17, 15) is 0 Å². The fourth-order valence-electron chi connectivity index (χ4n) is 1.15. The molecule has 0 radical (unpaired) electrons. The van der Waals surface area contributed by atoms with Gasteiger partial charge in [0, 0.05) is 23.6 Å². The molecule has 0 aliphatic heterocycles. The van der Waals surface area contributed by atoms with Gasteiger partial charge in [-0.2, -0.15) is 0 Å². The van der Waals surface area contributed by atoms with Crippen LogP contribution in [-0.4, -0.2) is 15.8 Å². The molecule has 0 unspecified atom stereocenters. The van der Waals surface area contributed by atoms with Crippen molar-refractivity contribution >= 4 is 23.2 Å². The summed E-state index contributed by atoms with van der Waals surface area (Å²) in [6.45, 7) is 3.95. The van der Waals surface area contributed by atoms with Crippen molar-refractivity contribution in [3.8, 4) is 0 Å². The quantitative estimate of drug-likeness (QED) is 0.577. The maximum absolute atomic E-state index is 5.98. The van der Waals surface area contributed by atoms with Crippen molar-refractivity contribution in [2.75, 3.05) is 5.88 Å². The summed E-state index contributed by atoms with van der Waals surface area (Å²) >= 11 is 11.6. The number of rotatable bonds is 3. The van der Waals surface area contributed by atoms with E-state index >= 15 is 0 Å². The first-order valence-electron chi connectivity index (χ1n) is 4.26. The molecule has 1 aromatic heterocycles. The van der Waals surface area contributed by atoms with E-state index in [1.165, 1.54) is 0 Å². The second-order valence-electron chi connectivity index (χ2n) is 2.79. The van der Waals surface area contributed by atoms with Gasteiger partial charge >= 0.3 is 0 Å². The summed E-state index contributed by atoms with van der Waals surface area (Å²) in [4.78, 5) is 8.48. The Morgan fingerprint density at radius 2 is 2.00 bits per heavy atom. The zero-order chi connectivity index (χ0) is 9.84. The number of hydrogen-bond acceptors (Lipinski definition) is 2. The minimum atomic E-state index is 0.546. The standard InChI is InChI=1S/C9H12Cl2N2/c1-3-8-12-6(2)7(4-5-10)9(11)13-8/h3-5H2,1-2H3. The number of hydrogen-bond donors (Lipinski definition) is 0. The Labute approximate surface area is 88.3 Å². The number of nitrogens with zero attached hydrogens (tertiary/aromatic N) is 2. The van der Waals surface area contributed by atoms with Gasteiger partial charge in [0.1, 0.15) is 11.0 Å². The molecule has 1 heterocycles. The van der Waals surface area contributed by atoms with Crippen LogP contribution >= 0.6 is 23.2 Å². The molecule has 0 saturated heterocycles. The van der Waals surface area contributed by atoms with E-state index in [1.807, 2.05) is 13.8 Å². The summed E-state index contributed by atoms with van der Waals surface area (Å²) in [6.07, 6.45) is 1.54. The van der Waals surface area contributed by atoms with Gasteiger partial charge in [0.15, 0.2) is 0 Å². The molecule has 1 rings (SSSR count). The lowest BCUT2D eigenvalue weighted by Gasteiger charge is -2.06. The van der Waals surface area contributed by atoms with Crippen LogP contribution in [0.5, 0.6) is 0 Å². The Balaban J connectivity index is 3.07. The van der Waals surface area contributed by atoms with Crippen LogP contribution in [0.3, 0.4) is 0 Å². The lowest BCUT2D eigenvalue weighted by atomic mass is 10.2. The van der Waals surface area contributed by atoms with E-state index < -0.39 is 0 Å². The molecule has 0 fully saturated rings. The first-order valence-corrected chi connectivity index (χ1v) is 5.18. The van der Waals surface area contributed by atoms with Crippen molar-refractivity contribution in [1.82, 2.24) is 9.97 Å². The first-order chi connectivity index (χ1) is 6.19. The maximum Gasteiger partial charge on any atom is 0.136 e. The fraction of sp³-hybridized carbons (Fsp3) is 0.556. The smallest absolute Gasteiger partial charge is 0.136 e. The highest BCUT2D eigenvalue weighted by atomic mass is 35.5. The predicted octanol–water partition coefficient (Wildman–Crippen LogP) is 2.78. The maximum atomic E-state index is 5.98. The summed E-state index contributed by atoms with van der Waals surface area (Å²) in [5.41, 5.74) is 1.91. The van der Waals surface area contributed by atoms with Crippen LogP contribution in [0, 0.1) is 6.92 Å². The highest BCUT2D eigenvalue weighted by Gasteiger charge is 2.07. The van der Waals surface area contributed by atoms with Crippen molar-refractivity contribution in [3.05, 3.63) is 22.2 Å². The summed E-state index contributed by atoms with van der Waals surface area (Å²) < 4.78 is 0. The lowest BCUT2D eigenvalue weighted by Crippen LogP contribution is -2.02. The highest BCUT2D eigenvalue weighted by molar-refractivity contribution is 6.30. The van der Waals surface area contributed by atoms with E-state index in [1.54, 1.807) is 0 Å². The molecular formula is C9H12Cl2N2. The second kappa shape index (κ2) is 4.77. The monoisotopic (exact) mass is 218 g/mol. The predicted molar refractivity (Wildman–Crippen MR) is 55.6 cm³/mol. The molecule has 72 valence electrons. The zero-order valence-electron chi connectivity index (χ0n) is 7.77. The molecule has 0 amide bonds. The number of alkyl halides is 1. The van der Waals surface area contributed by atoms with Crippen molar-refractivity contribution in [2.45, 2.75) is 26.7 Å². The van der Waals surface area contributed by atoms with Crippen molar-refractivity contribution < 1.29 is 0 Å². The molecule has 0 atom stereocenters. The van der Waals surface area contributed by atoms with E-state index in [2.05, 4.69) is 9.97 Å². The van der Waals surface area contributed by atoms with Crippen LogP contribution in [0.4, 0.5) is 0 Å². The third-order valence-corrected chi connectivity index (χ3v) is 2.37. The molecule has 0 saturated carbocycles. The van der Waals surface area contributed by atoms with Gasteiger partial charge < -0.3 is 0 Å². The number of aryl methyl sites for hydroxylation is 2. The first kappa shape index (κ1) is 10.7. The summed E-state index contributed by atoms with van der Waals surface area (Å²) in [7, 11) is 0. The lowest BCUT2D eigenvalue weighted by molar-refractivity contribution is 0.888. The Morgan fingerprint density at radius 3 is 2.46 bits per heavy atom. The Bertz CT molecular complexity index is 277. The van der Waals surface area contributed by atoms with Gasteiger partial charge in [0.05, 0.1) is 0 Å². The minimum absolute atomic E-state index is 0.546. The fourth-order valence-corrected chi connectivity index (χ4v) is 1.67. The molecule has 0 spiro atoms. The molecule has 2 nitrogen and oxygen atoms in total. The average molecular weight is 219 g/mol. The molecular weight excluding hydrogens is 207 g/mol. The second-order valence-corrected chi connectivity index (χ2v) is 3.52. The molecule has 4 heteroatoms. The van der Waals surface area contributed by atoms with Gasteiger partial charge in [-0.15, -0.1) is 11.6 Å². The Kier molecular flexibility index (Phi) is 3.94. The van der Waals surface area contributed by atoms with E-state index in [0.717, 1.165) is 29.9 Å². The largest absolute Gasteiger partial charge is 0.238 e. The van der Waals surface area contributed by atoms with Crippen molar-refractivity contribution in [3.63, 3.8) is 0 Å². The van der Waals surface area contributed by atoms with Gasteiger partial charge in [-0.25, -0.2) is 9.97 Å². The summed E-state index contributed by atoms with van der Waals surface area (Å²) in [6, 6.07) is 0. The van der Waals surface area contributed by atoms with Crippen LogP contribution in [0.15, 0.2) is 0 Å². The van der Waals surface area contributed by atoms with Crippen LogP contribution in [0.25, 0.3) is 0 Å². The average Bonchev–Trinajstić information content (AvgIpc) is 2.11.